The Morgan fingerprint density at radius 1 is 1.21 bits per heavy atom. The third-order valence-corrected chi connectivity index (χ3v) is 3.77. The second-order valence-corrected chi connectivity index (χ2v) is 5.10. The van der Waals surface area contributed by atoms with Gasteiger partial charge in [-0.15, -0.1) is 16.4 Å². The van der Waals surface area contributed by atoms with E-state index in [0.717, 1.165) is 15.8 Å². The van der Waals surface area contributed by atoms with Gasteiger partial charge in [-0.1, -0.05) is 35.9 Å². The number of halogens is 1. The fourth-order valence-corrected chi connectivity index (χ4v) is 2.49. The van der Waals surface area contributed by atoms with Crippen LogP contribution in [0.15, 0.2) is 62.5 Å². The van der Waals surface area contributed by atoms with Crippen molar-refractivity contribution >= 4 is 45.3 Å². The molecule has 0 aliphatic rings. The number of fused-ring (bicyclic) bond motifs is 1. The number of benzene rings is 1. The van der Waals surface area contributed by atoms with E-state index in [1.54, 1.807) is 6.21 Å². The molecule has 0 unspecified atom stereocenters. The van der Waals surface area contributed by atoms with Crippen LogP contribution in [-0.4, -0.2) is 11.4 Å². The van der Waals surface area contributed by atoms with Gasteiger partial charge in [0.05, 0.1) is 11.1 Å². The summed E-state index contributed by atoms with van der Waals surface area (Å²) in [6.45, 7) is 0. The number of rotatable bonds is 3. The lowest BCUT2D eigenvalue weighted by Crippen LogP contribution is -1.84. The number of furan rings is 1. The Morgan fingerprint density at radius 3 is 2.89 bits per heavy atom. The van der Waals surface area contributed by atoms with E-state index in [9.17, 15) is 0 Å². The molecule has 0 fully saturated rings. The minimum Gasteiger partial charge on any atom is -0.455 e. The minimum atomic E-state index is 0.377. The fraction of sp³-hybridized carbons (Fsp3) is 0. The van der Waals surface area contributed by atoms with Gasteiger partial charge in [0.2, 0.25) is 0 Å². The average Bonchev–Trinajstić information content (AvgIpc) is 3.07. The molecular formula is C14H9ClN2OS. The largest absolute Gasteiger partial charge is 0.455 e. The highest BCUT2D eigenvalue weighted by atomic mass is 35.5. The second kappa shape index (κ2) is 5.38. The number of hydrogen-bond acceptors (Lipinski definition) is 4. The molecule has 3 aromatic rings. The molecule has 19 heavy (non-hydrogen) atoms. The molecule has 0 bridgehead atoms. The van der Waals surface area contributed by atoms with Gasteiger partial charge in [-0.2, -0.15) is 5.10 Å². The molecule has 3 nitrogen and oxygen atoms in total. The molecule has 2 aromatic heterocycles. The van der Waals surface area contributed by atoms with Gasteiger partial charge in [0.25, 0.3) is 0 Å². The molecule has 0 radical (unpaired) electrons. The quantitative estimate of drug-likeness (QED) is 0.516. The minimum absolute atomic E-state index is 0.377. The lowest BCUT2D eigenvalue weighted by atomic mass is 10.2. The molecular weight excluding hydrogens is 280 g/mol. The third kappa shape index (κ3) is 2.75. The van der Waals surface area contributed by atoms with Crippen molar-refractivity contribution in [3.63, 3.8) is 0 Å². The lowest BCUT2D eigenvalue weighted by Gasteiger charge is -1.87. The molecule has 5 heteroatoms. The summed E-state index contributed by atoms with van der Waals surface area (Å²) in [5.74, 6) is 0.653. The molecule has 94 valence electrons. The van der Waals surface area contributed by atoms with Crippen molar-refractivity contribution in [3.05, 3.63) is 58.5 Å². The maximum Gasteiger partial charge on any atom is 0.168 e. The molecule has 0 atom stereocenters. The summed E-state index contributed by atoms with van der Waals surface area (Å²) in [5.41, 5.74) is 0.831. The number of nitrogens with zero attached hydrogens (tertiary/aromatic N) is 2. The van der Waals surface area contributed by atoms with Gasteiger partial charge in [0.15, 0.2) is 5.17 Å². The molecule has 0 amide bonds. The summed E-state index contributed by atoms with van der Waals surface area (Å²) in [4.78, 5) is 0.892. The standard InChI is InChI=1S/C14H9ClN2OS/c15-14(13-6-3-7-19-13)17-16-9-11-8-10-4-1-2-5-12(10)18-11/h1-9H/b16-9+,17-14-. The highest BCUT2D eigenvalue weighted by molar-refractivity contribution is 7.14. The Bertz CT molecular complexity index is 711. The van der Waals surface area contributed by atoms with Gasteiger partial charge >= 0.3 is 0 Å². The zero-order valence-electron chi connectivity index (χ0n) is 9.79. The van der Waals surface area contributed by atoms with E-state index in [2.05, 4.69) is 10.2 Å². The van der Waals surface area contributed by atoms with Crippen LogP contribution in [0.25, 0.3) is 11.0 Å². The molecule has 0 aliphatic heterocycles. The van der Waals surface area contributed by atoms with Gasteiger partial charge in [0, 0.05) is 5.39 Å². The summed E-state index contributed by atoms with van der Waals surface area (Å²) in [7, 11) is 0. The Labute approximate surface area is 118 Å². The smallest absolute Gasteiger partial charge is 0.168 e. The van der Waals surface area contributed by atoms with Gasteiger partial charge < -0.3 is 4.42 Å². The van der Waals surface area contributed by atoms with Gasteiger partial charge in [-0.3, -0.25) is 0 Å². The Balaban J connectivity index is 1.81. The maximum atomic E-state index is 6.01. The lowest BCUT2D eigenvalue weighted by molar-refractivity contribution is 0.607. The number of thiophene rings is 1. The molecule has 2 heterocycles. The van der Waals surface area contributed by atoms with E-state index in [4.69, 9.17) is 16.0 Å². The fourth-order valence-electron chi connectivity index (χ4n) is 1.65. The van der Waals surface area contributed by atoms with Crippen molar-refractivity contribution in [3.8, 4) is 0 Å². The summed E-state index contributed by atoms with van der Waals surface area (Å²) in [6, 6.07) is 13.5. The van der Waals surface area contributed by atoms with Crippen molar-refractivity contribution in [1.29, 1.82) is 0 Å². The molecule has 1 aromatic carbocycles. The van der Waals surface area contributed by atoms with E-state index in [1.165, 1.54) is 11.3 Å². The van der Waals surface area contributed by atoms with Crippen molar-refractivity contribution in [1.82, 2.24) is 0 Å². The summed E-state index contributed by atoms with van der Waals surface area (Å²) < 4.78 is 5.58. The zero-order valence-corrected chi connectivity index (χ0v) is 11.4. The monoisotopic (exact) mass is 288 g/mol. The predicted octanol–water partition coefficient (Wildman–Crippen LogP) is 4.51. The van der Waals surface area contributed by atoms with E-state index in [0.29, 0.717) is 10.9 Å². The molecule has 0 spiro atoms. The van der Waals surface area contributed by atoms with Gasteiger partial charge in [-0.05, 0) is 23.6 Å². The Kier molecular flexibility index (Phi) is 3.44. The zero-order chi connectivity index (χ0) is 13.1. The Hall–Kier alpha value is -1.91. The first-order chi connectivity index (χ1) is 9.33. The first-order valence-corrected chi connectivity index (χ1v) is 6.88. The number of para-hydroxylation sites is 1. The molecule has 3 rings (SSSR count). The molecule has 0 saturated heterocycles. The second-order valence-electron chi connectivity index (χ2n) is 3.80. The highest BCUT2D eigenvalue weighted by Gasteiger charge is 2.01. The van der Waals surface area contributed by atoms with Crippen LogP contribution in [0.5, 0.6) is 0 Å². The van der Waals surface area contributed by atoms with Crippen LogP contribution >= 0.6 is 22.9 Å². The van der Waals surface area contributed by atoms with Crippen LogP contribution in [0.4, 0.5) is 0 Å². The SMILES string of the molecule is Cl/C(=N\N=C\c1cc2ccccc2o1)c1cccs1. The van der Waals surface area contributed by atoms with Gasteiger partial charge in [0.1, 0.15) is 11.3 Å². The highest BCUT2D eigenvalue weighted by Crippen LogP contribution is 2.17. The molecule has 0 N–H and O–H groups in total. The van der Waals surface area contributed by atoms with Crippen molar-refractivity contribution in [2.24, 2.45) is 10.2 Å². The van der Waals surface area contributed by atoms with Crippen LogP contribution in [0, 0.1) is 0 Å². The summed E-state index contributed by atoms with van der Waals surface area (Å²) in [6.07, 6.45) is 1.55. The first kappa shape index (κ1) is 12.1. The van der Waals surface area contributed by atoms with Crippen LogP contribution in [0.3, 0.4) is 0 Å². The van der Waals surface area contributed by atoms with Crippen molar-refractivity contribution in [2.75, 3.05) is 0 Å². The van der Waals surface area contributed by atoms with E-state index in [-0.39, 0.29) is 0 Å². The summed E-state index contributed by atoms with van der Waals surface area (Å²) >= 11 is 7.53. The van der Waals surface area contributed by atoms with E-state index >= 15 is 0 Å². The molecule has 0 saturated carbocycles. The van der Waals surface area contributed by atoms with E-state index in [1.807, 2.05) is 47.8 Å². The predicted molar refractivity (Wildman–Crippen MR) is 80.5 cm³/mol. The van der Waals surface area contributed by atoms with Crippen molar-refractivity contribution in [2.45, 2.75) is 0 Å². The number of hydrogen-bond donors (Lipinski definition) is 0. The van der Waals surface area contributed by atoms with Crippen LogP contribution in [0.2, 0.25) is 0 Å². The molecule has 0 aliphatic carbocycles. The van der Waals surface area contributed by atoms with Gasteiger partial charge in [-0.25, -0.2) is 0 Å². The average molecular weight is 289 g/mol. The van der Waals surface area contributed by atoms with Crippen molar-refractivity contribution < 1.29 is 4.42 Å². The first-order valence-electron chi connectivity index (χ1n) is 5.62. The normalized spacial score (nSPS) is 12.6. The van der Waals surface area contributed by atoms with Crippen LogP contribution in [-0.2, 0) is 0 Å². The summed E-state index contributed by atoms with van der Waals surface area (Å²) in [5, 5.41) is 11.2. The van der Waals surface area contributed by atoms with Crippen LogP contribution in [0.1, 0.15) is 10.6 Å². The maximum absolute atomic E-state index is 6.01. The van der Waals surface area contributed by atoms with E-state index < -0.39 is 0 Å². The van der Waals surface area contributed by atoms with Crippen LogP contribution < -0.4 is 0 Å². The topological polar surface area (TPSA) is 37.9 Å². The Morgan fingerprint density at radius 2 is 2.11 bits per heavy atom. The third-order valence-electron chi connectivity index (χ3n) is 2.50.